The van der Waals surface area contributed by atoms with Crippen molar-refractivity contribution in [2.75, 3.05) is 6.54 Å². The second kappa shape index (κ2) is 12.3. The molecule has 0 aliphatic carbocycles. The van der Waals surface area contributed by atoms with Crippen LogP contribution in [-0.4, -0.2) is 44.0 Å². The maximum Gasteiger partial charge on any atom is 0.407 e. The zero-order valence-corrected chi connectivity index (χ0v) is 21.9. The Morgan fingerprint density at radius 2 is 1.85 bits per heavy atom. The number of hydrogen-bond donors (Lipinski definition) is 2. The highest BCUT2D eigenvalue weighted by molar-refractivity contribution is 5.95. The average Bonchev–Trinajstić information content (AvgIpc) is 3.25. The maximum atomic E-state index is 14.1. The van der Waals surface area contributed by atoms with E-state index in [9.17, 15) is 28.7 Å². The summed E-state index contributed by atoms with van der Waals surface area (Å²) in [5.74, 6) is -1.78. The zero-order valence-electron chi connectivity index (χ0n) is 21.9. The van der Waals surface area contributed by atoms with Gasteiger partial charge in [0.25, 0.3) is 5.91 Å². The number of aryl methyl sites for hydroxylation is 2. The van der Waals surface area contributed by atoms with Gasteiger partial charge < -0.3 is 15.2 Å². The first-order valence-corrected chi connectivity index (χ1v) is 12.4. The molecule has 1 atom stereocenters. The quantitative estimate of drug-likeness (QED) is 0.288. The number of carbonyl (C=O) groups excluding carboxylic acids is 1. The molecule has 0 spiro atoms. The number of nitriles is 1. The Hall–Kier alpha value is -4.98. The third-order valence-corrected chi connectivity index (χ3v) is 6.35. The molecular formula is C29H27F2N5O4. The summed E-state index contributed by atoms with van der Waals surface area (Å²) < 4.78 is 35.5. The standard InChI is InChI=1S/C29H27F2N5O4/c1-18-13-25(40-17-22-23(30)9-6-10-24(22)31)27-34-19(2)26(36(27)15-18)28(37)33-14-21(11-12-32)35(29(38)39)16-20-7-4-3-5-8-20/h3-10,13,15,21H,11,14,16-17H2,1-2H3,(H,33,37)(H,38,39). The van der Waals surface area contributed by atoms with Gasteiger partial charge >= 0.3 is 6.09 Å². The van der Waals surface area contributed by atoms with Crippen molar-refractivity contribution in [1.82, 2.24) is 19.6 Å². The van der Waals surface area contributed by atoms with Crippen molar-refractivity contribution < 1.29 is 28.2 Å². The van der Waals surface area contributed by atoms with Crippen LogP contribution in [0, 0.1) is 36.8 Å². The van der Waals surface area contributed by atoms with Gasteiger partial charge in [-0.05, 0) is 43.2 Å². The van der Waals surface area contributed by atoms with Gasteiger partial charge in [-0.2, -0.15) is 5.26 Å². The highest BCUT2D eigenvalue weighted by Gasteiger charge is 2.26. The van der Waals surface area contributed by atoms with Crippen LogP contribution in [0.25, 0.3) is 5.65 Å². The molecule has 0 aliphatic rings. The predicted molar refractivity (Wildman–Crippen MR) is 142 cm³/mol. The number of aromatic nitrogens is 2. The normalized spacial score (nSPS) is 11.6. The van der Waals surface area contributed by atoms with E-state index in [1.807, 2.05) is 12.1 Å². The summed E-state index contributed by atoms with van der Waals surface area (Å²) in [4.78, 5) is 30.9. The van der Waals surface area contributed by atoms with Crippen molar-refractivity contribution in [3.8, 4) is 11.8 Å². The number of ether oxygens (including phenoxy) is 1. The Morgan fingerprint density at radius 1 is 1.15 bits per heavy atom. The maximum absolute atomic E-state index is 14.1. The topological polar surface area (TPSA) is 120 Å². The molecule has 206 valence electrons. The van der Waals surface area contributed by atoms with Crippen molar-refractivity contribution in [3.63, 3.8) is 0 Å². The van der Waals surface area contributed by atoms with Crippen LogP contribution in [0.3, 0.4) is 0 Å². The molecule has 0 bridgehead atoms. The second-order valence-corrected chi connectivity index (χ2v) is 9.23. The van der Waals surface area contributed by atoms with Crippen molar-refractivity contribution in [3.05, 3.63) is 101 Å². The Balaban J connectivity index is 1.56. The minimum Gasteiger partial charge on any atom is -0.485 e. The van der Waals surface area contributed by atoms with Crippen LogP contribution >= 0.6 is 0 Å². The summed E-state index contributed by atoms with van der Waals surface area (Å²) in [6.45, 7) is 2.95. The van der Waals surface area contributed by atoms with E-state index in [1.54, 1.807) is 50.4 Å². The van der Waals surface area contributed by atoms with Crippen molar-refractivity contribution >= 4 is 17.6 Å². The van der Waals surface area contributed by atoms with Gasteiger partial charge in [0, 0.05) is 19.3 Å². The highest BCUT2D eigenvalue weighted by atomic mass is 19.1. The molecule has 1 unspecified atom stereocenters. The van der Waals surface area contributed by atoms with Crippen molar-refractivity contribution in [1.29, 1.82) is 5.26 Å². The van der Waals surface area contributed by atoms with Crippen LogP contribution in [0.2, 0.25) is 0 Å². The molecule has 2 heterocycles. The molecule has 0 aliphatic heterocycles. The lowest BCUT2D eigenvalue weighted by Crippen LogP contribution is -2.46. The number of rotatable bonds is 10. The van der Waals surface area contributed by atoms with E-state index in [0.717, 1.165) is 22.6 Å². The Labute approximate surface area is 229 Å². The van der Waals surface area contributed by atoms with Crippen LogP contribution in [0.15, 0.2) is 60.8 Å². The SMILES string of the molecule is Cc1cc(OCc2c(F)cccc2F)c2nc(C)c(C(=O)NCC(CC#N)N(Cc3ccccc3)C(=O)O)n2c1. The lowest BCUT2D eigenvalue weighted by atomic mass is 10.1. The third-order valence-electron chi connectivity index (χ3n) is 6.35. The van der Waals surface area contributed by atoms with E-state index >= 15 is 0 Å². The molecule has 2 amide bonds. The molecule has 0 radical (unpaired) electrons. The zero-order chi connectivity index (χ0) is 28.8. The van der Waals surface area contributed by atoms with Crippen LogP contribution < -0.4 is 10.1 Å². The van der Waals surface area contributed by atoms with Gasteiger partial charge in [-0.1, -0.05) is 36.4 Å². The van der Waals surface area contributed by atoms with Gasteiger partial charge in [0.05, 0.1) is 29.8 Å². The lowest BCUT2D eigenvalue weighted by Gasteiger charge is -2.28. The summed E-state index contributed by atoms with van der Waals surface area (Å²) in [6.07, 6.45) is 0.329. The number of pyridine rings is 1. The summed E-state index contributed by atoms with van der Waals surface area (Å²) in [7, 11) is 0. The van der Waals surface area contributed by atoms with Crippen molar-refractivity contribution in [2.24, 2.45) is 0 Å². The van der Waals surface area contributed by atoms with Crippen LogP contribution in [0.5, 0.6) is 5.75 Å². The Bertz CT molecular complexity index is 1560. The first-order valence-electron chi connectivity index (χ1n) is 12.4. The van der Waals surface area contributed by atoms with Gasteiger partial charge in [-0.3, -0.25) is 14.1 Å². The predicted octanol–water partition coefficient (Wildman–Crippen LogP) is 5.00. The van der Waals surface area contributed by atoms with Gasteiger partial charge in [-0.15, -0.1) is 0 Å². The minimum atomic E-state index is -1.21. The number of amides is 2. The van der Waals surface area contributed by atoms with Gasteiger partial charge in [0.15, 0.2) is 11.4 Å². The monoisotopic (exact) mass is 547 g/mol. The number of hydrogen-bond acceptors (Lipinski definition) is 5. The number of nitrogens with zero attached hydrogens (tertiary/aromatic N) is 4. The van der Waals surface area contributed by atoms with E-state index in [4.69, 9.17) is 4.74 Å². The number of benzene rings is 2. The molecule has 4 rings (SSSR count). The largest absolute Gasteiger partial charge is 0.485 e. The van der Waals surface area contributed by atoms with Crippen LogP contribution in [-0.2, 0) is 13.2 Å². The minimum absolute atomic E-state index is 0.0511. The molecule has 9 nitrogen and oxygen atoms in total. The molecule has 4 aromatic rings. The fraction of sp³-hybridized carbons (Fsp3) is 0.241. The summed E-state index contributed by atoms with van der Waals surface area (Å²) in [5.41, 5.74) is 2.03. The molecule has 2 aromatic heterocycles. The number of fused-ring (bicyclic) bond motifs is 1. The summed E-state index contributed by atoms with van der Waals surface area (Å²) in [5, 5.41) is 21.9. The van der Waals surface area contributed by atoms with Gasteiger partial charge in [0.2, 0.25) is 0 Å². The molecule has 2 N–H and O–H groups in total. The Morgan fingerprint density at radius 3 is 2.50 bits per heavy atom. The molecule has 0 saturated carbocycles. The molecule has 0 saturated heterocycles. The number of halogens is 2. The van der Waals surface area contributed by atoms with Crippen LogP contribution in [0.1, 0.15) is 39.3 Å². The summed E-state index contributed by atoms with van der Waals surface area (Å²) >= 11 is 0. The third kappa shape index (κ3) is 6.18. The number of imidazole rings is 1. The molecule has 11 heteroatoms. The molecular weight excluding hydrogens is 520 g/mol. The number of carboxylic acid groups (broad SMARTS) is 1. The molecule has 0 fully saturated rings. The molecule has 40 heavy (non-hydrogen) atoms. The van der Waals surface area contributed by atoms with Gasteiger partial charge in [-0.25, -0.2) is 18.6 Å². The first kappa shape index (κ1) is 28.0. The van der Waals surface area contributed by atoms with E-state index in [1.165, 1.54) is 10.5 Å². The van der Waals surface area contributed by atoms with E-state index in [-0.39, 0.29) is 48.8 Å². The summed E-state index contributed by atoms with van der Waals surface area (Å²) in [6, 6.07) is 15.3. The van der Waals surface area contributed by atoms with Crippen molar-refractivity contribution in [2.45, 2.75) is 39.5 Å². The smallest absolute Gasteiger partial charge is 0.407 e. The van der Waals surface area contributed by atoms with E-state index in [2.05, 4.69) is 10.3 Å². The fourth-order valence-corrected chi connectivity index (χ4v) is 4.38. The Kier molecular flexibility index (Phi) is 8.59. The second-order valence-electron chi connectivity index (χ2n) is 9.23. The van der Waals surface area contributed by atoms with Crippen LogP contribution in [0.4, 0.5) is 13.6 Å². The number of carbonyl (C=O) groups is 2. The molecule has 2 aromatic carbocycles. The first-order chi connectivity index (χ1) is 19.2. The number of nitrogens with one attached hydrogen (secondary N) is 1. The van der Waals surface area contributed by atoms with E-state index in [0.29, 0.717) is 11.3 Å². The average molecular weight is 548 g/mol. The highest BCUT2D eigenvalue weighted by Crippen LogP contribution is 2.26. The van der Waals surface area contributed by atoms with E-state index < -0.39 is 29.7 Å². The fourth-order valence-electron chi connectivity index (χ4n) is 4.38. The lowest BCUT2D eigenvalue weighted by molar-refractivity contribution is 0.0909. The van der Waals surface area contributed by atoms with Gasteiger partial charge in [0.1, 0.15) is 23.9 Å².